The van der Waals surface area contributed by atoms with Gasteiger partial charge in [0.05, 0.1) is 0 Å². The highest BCUT2D eigenvalue weighted by molar-refractivity contribution is 5.86. The third kappa shape index (κ3) is 3.69. The van der Waals surface area contributed by atoms with Gasteiger partial charge in [-0.15, -0.1) is 0 Å². The van der Waals surface area contributed by atoms with Crippen LogP contribution in [0.5, 0.6) is 0 Å². The van der Waals surface area contributed by atoms with E-state index in [1.807, 2.05) is 0 Å². The first-order valence-electron chi connectivity index (χ1n) is 6.73. The second-order valence-corrected chi connectivity index (χ2v) is 6.29. The smallest absolute Gasteiger partial charge is 0.408 e. The van der Waals surface area contributed by atoms with Crippen LogP contribution in [-0.2, 0) is 14.3 Å². The number of carbonyl (C=O) groups is 2. The Morgan fingerprint density at radius 1 is 1.24 bits per heavy atom. The molecule has 1 fully saturated rings. The van der Waals surface area contributed by atoms with Crippen molar-refractivity contribution in [3.63, 3.8) is 0 Å². The van der Waals surface area contributed by atoms with Crippen LogP contribution in [0.1, 0.15) is 40.5 Å². The number of nitrogens with one attached hydrogen (secondary N) is 1. The summed E-state index contributed by atoms with van der Waals surface area (Å²) in [7, 11) is 0. The van der Waals surface area contributed by atoms with Gasteiger partial charge in [-0.3, -0.25) is 0 Å². The van der Waals surface area contributed by atoms with E-state index in [1.165, 1.54) is 6.92 Å². The van der Waals surface area contributed by atoms with Gasteiger partial charge in [0.2, 0.25) is 0 Å². The number of ether oxygens (including phenoxy) is 2. The SMILES string of the molecule is CC(C)(C)OC(=O)N[C@@](C)(C(=O)O)C1(N=O)CCOCC1. The number of nitrogens with zero attached hydrogens (tertiary/aromatic N) is 1. The Hall–Kier alpha value is -1.70. The van der Waals surface area contributed by atoms with Crippen LogP contribution >= 0.6 is 0 Å². The largest absolute Gasteiger partial charge is 0.479 e. The van der Waals surface area contributed by atoms with Crippen LogP contribution in [-0.4, -0.2) is 47.1 Å². The molecule has 1 saturated heterocycles. The number of hydrogen-bond acceptors (Lipinski definition) is 6. The molecule has 0 radical (unpaired) electrons. The molecule has 0 unspecified atom stereocenters. The highest BCUT2D eigenvalue weighted by Gasteiger charge is 2.57. The average Bonchev–Trinajstić information content (AvgIpc) is 2.36. The monoisotopic (exact) mass is 302 g/mol. The van der Waals surface area contributed by atoms with E-state index >= 15 is 0 Å². The lowest BCUT2D eigenvalue weighted by Gasteiger charge is -2.42. The van der Waals surface area contributed by atoms with E-state index in [4.69, 9.17) is 9.47 Å². The number of carboxylic acid groups (broad SMARTS) is 1. The van der Waals surface area contributed by atoms with E-state index in [0.717, 1.165) is 0 Å². The van der Waals surface area contributed by atoms with Crippen molar-refractivity contribution in [2.24, 2.45) is 5.18 Å². The summed E-state index contributed by atoms with van der Waals surface area (Å²) in [6.07, 6.45) is -0.661. The zero-order valence-corrected chi connectivity index (χ0v) is 12.8. The van der Waals surface area contributed by atoms with Gasteiger partial charge in [-0.05, 0) is 27.7 Å². The normalized spacial score (nSPS) is 21.0. The Bertz CT molecular complexity index is 425. The minimum atomic E-state index is -1.86. The minimum absolute atomic E-state index is 0.120. The van der Waals surface area contributed by atoms with Gasteiger partial charge in [0.1, 0.15) is 11.1 Å². The Balaban J connectivity index is 3.04. The number of amides is 1. The van der Waals surface area contributed by atoms with Crippen molar-refractivity contribution >= 4 is 12.1 Å². The molecule has 21 heavy (non-hydrogen) atoms. The molecule has 0 aromatic rings. The van der Waals surface area contributed by atoms with Crippen LogP contribution in [0.3, 0.4) is 0 Å². The van der Waals surface area contributed by atoms with Crippen molar-refractivity contribution in [2.45, 2.75) is 57.2 Å². The predicted molar refractivity (Wildman–Crippen MR) is 74.0 cm³/mol. The van der Waals surface area contributed by atoms with Crippen molar-refractivity contribution < 1.29 is 24.2 Å². The van der Waals surface area contributed by atoms with E-state index in [9.17, 15) is 19.6 Å². The van der Waals surface area contributed by atoms with Gasteiger partial charge in [0.25, 0.3) is 0 Å². The second kappa shape index (κ2) is 5.97. The minimum Gasteiger partial charge on any atom is -0.479 e. The van der Waals surface area contributed by atoms with Crippen LogP contribution in [0.25, 0.3) is 0 Å². The Labute approximate surface area is 123 Å². The molecule has 0 bridgehead atoms. The fraction of sp³-hybridized carbons (Fsp3) is 0.846. The van der Waals surface area contributed by atoms with Crippen LogP contribution in [0, 0.1) is 4.91 Å². The van der Waals surface area contributed by atoms with Gasteiger partial charge in [0, 0.05) is 26.1 Å². The quantitative estimate of drug-likeness (QED) is 0.763. The zero-order valence-electron chi connectivity index (χ0n) is 12.8. The topological polar surface area (TPSA) is 114 Å². The van der Waals surface area contributed by atoms with E-state index in [0.29, 0.717) is 0 Å². The summed E-state index contributed by atoms with van der Waals surface area (Å²) in [6.45, 7) is 6.67. The summed E-state index contributed by atoms with van der Waals surface area (Å²) in [5, 5.41) is 14.9. The number of nitroso groups, excluding NO2 is 1. The molecule has 0 aliphatic carbocycles. The lowest BCUT2D eigenvalue weighted by atomic mass is 9.73. The Morgan fingerprint density at radius 3 is 2.14 bits per heavy atom. The maximum atomic E-state index is 11.9. The summed E-state index contributed by atoms with van der Waals surface area (Å²) in [4.78, 5) is 34.9. The molecule has 1 atom stereocenters. The lowest BCUT2D eigenvalue weighted by molar-refractivity contribution is -0.149. The first kappa shape index (κ1) is 17.4. The number of alkyl carbamates (subject to hydrolysis) is 1. The van der Waals surface area contributed by atoms with E-state index in [2.05, 4.69) is 10.5 Å². The lowest BCUT2D eigenvalue weighted by Crippen LogP contribution is -2.67. The first-order valence-corrected chi connectivity index (χ1v) is 6.73. The number of carboxylic acids is 1. The molecule has 0 spiro atoms. The van der Waals surface area contributed by atoms with Crippen LogP contribution in [0.4, 0.5) is 4.79 Å². The van der Waals surface area contributed by atoms with Crippen LogP contribution in [0.2, 0.25) is 0 Å². The summed E-state index contributed by atoms with van der Waals surface area (Å²) in [5.41, 5.74) is -4.10. The van der Waals surface area contributed by atoms with Gasteiger partial charge >= 0.3 is 12.1 Å². The van der Waals surface area contributed by atoms with Gasteiger partial charge in [-0.25, -0.2) is 9.59 Å². The maximum Gasteiger partial charge on any atom is 0.408 e. The molecule has 1 rings (SSSR count). The summed E-state index contributed by atoms with van der Waals surface area (Å²) in [6, 6.07) is 0. The Morgan fingerprint density at radius 2 is 1.76 bits per heavy atom. The van der Waals surface area contributed by atoms with Crippen molar-refractivity contribution in [1.82, 2.24) is 5.32 Å². The molecule has 8 nitrogen and oxygen atoms in total. The Kier molecular flexibility index (Phi) is 4.93. The third-order valence-electron chi connectivity index (χ3n) is 3.60. The summed E-state index contributed by atoms with van der Waals surface area (Å²) >= 11 is 0. The summed E-state index contributed by atoms with van der Waals surface area (Å²) < 4.78 is 10.2. The maximum absolute atomic E-state index is 11.9. The molecule has 1 aliphatic rings. The zero-order chi connectivity index (χ0) is 16.3. The molecule has 1 aliphatic heterocycles. The summed E-state index contributed by atoms with van der Waals surface area (Å²) in [5.74, 6) is -1.34. The van der Waals surface area contributed by atoms with Gasteiger partial charge in [0.15, 0.2) is 5.54 Å². The molecule has 0 saturated carbocycles. The van der Waals surface area contributed by atoms with Gasteiger partial charge in [-0.1, -0.05) is 5.18 Å². The molecule has 2 N–H and O–H groups in total. The fourth-order valence-corrected chi connectivity index (χ4v) is 2.27. The molecule has 0 aromatic carbocycles. The van der Waals surface area contributed by atoms with Crippen molar-refractivity contribution in [3.8, 4) is 0 Å². The third-order valence-corrected chi connectivity index (χ3v) is 3.60. The highest BCUT2D eigenvalue weighted by atomic mass is 16.6. The number of carbonyl (C=O) groups excluding carboxylic acids is 1. The molecule has 8 heteroatoms. The molecule has 1 heterocycles. The predicted octanol–water partition coefficient (Wildman–Crippen LogP) is 1.67. The molecule has 0 aromatic heterocycles. The molecule has 1 amide bonds. The fourth-order valence-electron chi connectivity index (χ4n) is 2.27. The van der Waals surface area contributed by atoms with Crippen molar-refractivity contribution in [2.75, 3.05) is 13.2 Å². The molecular formula is C13H22N2O6. The number of hydrogen-bond donors (Lipinski definition) is 2. The van der Waals surface area contributed by atoms with Gasteiger partial charge < -0.3 is 19.9 Å². The second-order valence-electron chi connectivity index (χ2n) is 6.29. The number of rotatable bonds is 4. The standard InChI is InChI=1S/C13H22N2O6/c1-11(2,3)21-10(18)14-12(4,9(16)17)13(15-19)5-7-20-8-6-13/h5-8H2,1-4H3,(H,14,18)(H,16,17)/t12-/m0/s1. The first-order chi connectivity index (χ1) is 9.56. The van der Waals surface area contributed by atoms with Crippen LogP contribution < -0.4 is 5.32 Å². The average molecular weight is 302 g/mol. The molecule has 120 valence electrons. The van der Waals surface area contributed by atoms with E-state index in [1.54, 1.807) is 20.8 Å². The van der Waals surface area contributed by atoms with E-state index in [-0.39, 0.29) is 26.1 Å². The van der Waals surface area contributed by atoms with Gasteiger partial charge in [-0.2, -0.15) is 4.91 Å². The van der Waals surface area contributed by atoms with Crippen molar-refractivity contribution in [1.29, 1.82) is 0 Å². The van der Waals surface area contributed by atoms with Crippen LogP contribution in [0.15, 0.2) is 5.18 Å². The van der Waals surface area contributed by atoms with E-state index < -0.39 is 28.7 Å². The molecular weight excluding hydrogens is 280 g/mol. The van der Waals surface area contributed by atoms with Crippen molar-refractivity contribution in [3.05, 3.63) is 4.91 Å². The number of aliphatic carboxylic acids is 1. The highest BCUT2D eigenvalue weighted by Crippen LogP contribution is 2.36.